The Morgan fingerprint density at radius 2 is 1.73 bits per heavy atom. The minimum atomic E-state index is -3.40. The van der Waals surface area contributed by atoms with Crippen molar-refractivity contribution in [3.05, 3.63) is 0 Å². The summed E-state index contributed by atoms with van der Waals surface area (Å²) in [4.78, 5) is 0. The standard InChI is InChI=1S/C7H14F2O2/c1-6(2,3)5-11-7(8,9)4-10/h10H,4-5H2,1-3H3. The first-order valence-electron chi connectivity index (χ1n) is 3.39. The smallest absolute Gasteiger partial charge is 0.378 e. The number of halogens is 2. The van der Waals surface area contributed by atoms with Gasteiger partial charge in [0, 0.05) is 0 Å². The molecule has 0 saturated carbocycles. The second kappa shape index (κ2) is 3.45. The van der Waals surface area contributed by atoms with Crippen LogP contribution in [0.3, 0.4) is 0 Å². The Morgan fingerprint density at radius 3 is 2.00 bits per heavy atom. The molecule has 0 aliphatic heterocycles. The predicted molar refractivity (Wildman–Crippen MR) is 37.4 cm³/mol. The van der Waals surface area contributed by atoms with Gasteiger partial charge in [-0.1, -0.05) is 20.8 Å². The molecule has 2 nitrogen and oxygen atoms in total. The van der Waals surface area contributed by atoms with Crippen LogP contribution >= 0.6 is 0 Å². The van der Waals surface area contributed by atoms with Gasteiger partial charge in [-0.05, 0) is 5.41 Å². The normalized spacial score (nSPS) is 13.6. The zero-order valence-corrected chi connectivity index (χ0v) is 7.03. The molecule has 0 fully saturated rings. The van der Waals surface area contributed by atoms with E-state index in [1.807, 2.05) is 0 Å². The molecule has 0 atom stereocenters. The molecule has 0 unspecified atom stereocenters. The van der Waals surface area contributed by atoms with E-state index in [1.54, 1.807) is 20.8 Å². The monoisotopic (exact) mass is 168 g/mol. The van der Waals surface area contributed by atoms with Crippen molar-refractivity contribution in [3.63, 3.8) is 0 Å². The molecule has 0 bridgehead atoms. The third-order valence-corrected chi connectivity index (χ3v) is 0.900. The highest BCUT2D eigenvalue weighted by Crippen LogP contribution is 2.20. The molecule has 0 aromatic rings. The summed E-state index contributed by atoms with van der Waals surface area (Å²) in [5.41, 5.74) is -0.307. The Kier molecular flexibility index (Phi) is 3.38. The number of aliphatic hydroxyl groups is 1. The highest BCUT2D eigenvalue weighted by atomic mass is 19.3. The van der Waals surface area contributed by atoms with Crippen LogP contribution in [0.15, 0.2) is 0 Å². The van der Waals surface area contributed by atoms with E-state index in [1.165, 1.54) is 0 Å². The maximum absolute atomic E-state index is 12.2. The van der Waals surface area contributed by atoms with E-state index >= 15 is 0 Å². The highest BCUT2D eigenvalue weighted by molar-refractivity contribution is 4.61. The predicted octanol–water partition coefficient (Wildman–Crippen LogP) is 1.63. The topological polar surface area (TPSA) is 29.5 Å². The van der Waals surface area contributed by atoms with Crippen LogP contribution in [0.2, 0.25) is 0 Å². The molecule has 0 aromatic heterocycles. The van der Waals surface area contributed by atoms with Crippen molar-refractivity contribution in [3.8, 4) is 0 Å². The fraction of sp³-hybridized carbons (Fsp3) is 1.00. The van der Waals surface area contributed by atoms with E-state index in [0.717, 1.165) is 0 Å². The van der Waals surface area contributed by atoms with Crippen LogP contribution in [0.25, 0.3) is 0 Å². The van der Waals surface area contributed by atoms with E-state index in [0.29, 0.717) is 0 Å². The van der Waals surface area contributed by atoms with Gasteiger partial charge in [-0.3, -0.25) is 0 Å². The average molecular weight is 168 g/mol. The van der Waals surface area contributed by atoms with Crippen LogP contribution in [-0.4, -0.2) is 24.4 Å². The summed E-state index contributed by atoms with van der Waals surface area (Å²) in [5.74, 6) is 0. The summed E-state index contributed by atoms with van der Waals surface area (Å²) in [6.45, 7) is 4.00. The molecule has 0 spiro atoms. The molecule has 0 aliphatic rings. The largest absolute Gasteiger partial charge is 0.387 e. The lowest BCUT2D eigenvalue weighted by Crippen LogP contribution is -2.30. The Morgan fingerprint density at radius 1 is 1.27 bits per heavy atom. The van der Waals surface area contributed by atoms with E-state index < -0.39 is 12.7 Å². The van der Waals surface area contributed by atoms with Gasteiger partial charge < -0.3 is 9.84 Å². The summed E-state index contributed by atoms with van der Waals surface area (Å²) < 4.78 is 28.6. The van der Waals surface area contributed by atoms with Crippen LogP contribution in [0.5, 0.6) is 0 Å². The van der Waals surface area contributed by atoms with Gasteiger partial charge in [-0.15, -0.1) is 0 Å². The van der Waals surface area contributed by atoms with Crippen molar-refractivity contribution in [1.29, 1.82) is 0 Å². The van der Waals surface area contributed by atoms with Crippen molar-refractivity contribution in [2.45, 2.75) is 26.9 Å². The molecule has 68 valence electrons. The van der Waals surface area contributed by atoms with E-state index in [9.17, 15) is 8.78 Å². The number of hydrogen-bond acceptors (Lipinski definition) is 2. The minimum absolute atomic E-state index is 0.0689. The average Bonchev–Trinajstić information content (AvgIpc) is 1.83. The van der Waals surface area contributed by atoms with E-state index in [-0.39, 0.29) is 12.0 Å². The molecular weight excluding hydrogens is 154 g/mol. The second-order valence-electron chi connectivity index (χ2n) is 3.64. The molecule has 0 amide bonds. The lowest BCUT2D eigenvalue weighted by molar-refractivity contribution is -0.266. The fourth-order valence-electron chi connectivity index (χ4n) is 0.368. The van der Waals surface area contributed by atoms with Gasteiger partial charge in [0.25, 0.3) is 0 Å². The van der Waals surface area contributed by atoms with Gasteiger partial charge in [-0.25, -0.2) is 0 Å². The molecule has 4 heteroatoms. The van der Waals surface area contributed by atoms with Crippen LogP contribution in [0.1, 0.15) is 20.8 Å². The second-order valence-corrected chi connectivity index (χ2v) is 3.64. The van der Waals surface area contributed by atoms with Crippen molar-refractivity contribution < 1.29 is 18.6 Å². The number of rotatable bonds is 3. The Bertz CT molecular complexity index is 118. The zero-order valence-electron chi connectivity index (χ0n) is 7.03. The van der Waals surface area contributed by atoms with Crippen molar-refractivity contribution in [2.75, 3.05) is 13.2 Å². The summed E-state index contributed by atoms with van der Waals surface area (Å²) in [5, 5.41) is 8.12. The summed E-state index contributed by atoms with van der Waals surface area (Å²) in [6.07, 6.45) is -3.40. The number of hydrogen-bond donors (Lipinski definition) is 1. The first kappa shape index (κ1) is 10.8. The number of aliphatic hydroxyl groups excluding tert-OH is 1. The van der Waals surface area contributed by atoms with Gasteiger partial charge >= 0.3 is 6.11 Å². The molecule has 0 rings (SSSR count). The lowest BCUT2D eigenvalue weighted by atomic mass is 9.99. The molecule has 11 heavy (non-hydrogen) atoms. The first-order chi connectivity index (χ1) is 4.77. The van der Waals surface area contributed by atoms with E-state index in [4.69, 9.17) is 5.11 Å². The van der Waals surface area contributed by atoms with Crippen molar-refractivity contribution in [1.82, 2.24) is 0 Å². The third kappa shape index (κ3) is 6.19. The maximum atomic E-state index is 12.2. The molecule has 0 saturated heterocycles. The van der Waals surface area contributed by atoms with Gasteiger partial charge in [0.15, 0.2) is 0 Å². The fourth-order valence-corrected chi connectivity index (χ4v) is 0.368. The summed E-state index contributed by atoms with van der Waals surface area (Å²) in [7, 11) is 0. The quantitative estimate of drug-likeness (QED) is 0.694. The maximum Gasteiger partial charge on any atom is 0.378 e. The number of alkyl halides is 2. The Balaban J connectivity index is 3.70. The lowest BCUT2D eigenvalue weighted by Gasteiger charge is -2.22. The highest BCUT2D eigenvalue weighted by Gasteiger charge is 2.30. The SMILES string of the molecule is CC(C)(C)COC(F)(F)CO. The van der Waals surface area contributed by atoms with Gasteiger partial charge in [0.1, 0.15) is 6.61 Å². The molecule has 0 aromatic carbocycles. The molecule has 0 heterocycles. The van der Waals surface area contributed by atoms with Crippen molar-refractivity contribution in [2.24, 2.45) is 5.41 Å². The van der Waals surface area contributed by atoms with Gasteiger partial charge in [-0.2, -0.15) is 8.78 Å². The Hall–Kier alpha value is -0.220. The third-order valence-electron chi connectivity index (χ3n) is 0.900. The first-order valence-corrected chi connectivity index (χ1v) is 3.39. The van der Waals surface area contributed by atoms with Crippen LogP contribution in [-0.2, 0) is 4.74 Å². The van der Waals surface area contributed by atoms with Crippen LogP contribution in [0.4, 0.5) is 8.78 Å². The van der Waals surface area contributed by atoms with Crippen LogP contribution in [0, 0.1) is 5.41 Å². The number of ether oxygens (including phenoxy) is 1. The molecular formula is C7H14F2O2. The van der Waals surface area contributed by atoms with Gasteiger partial charge in [0.05, 0.1) is 6.61 Å². The minimum Gasteiger partial charge on any atom is -0.387 e. The van der Waals surface area contributed by atoms with Crippen LogP contribution < -0.4 is 0 Å². The molecule has 0 aliphatic carbocycles. The molecule has 1 N–H and O–H groups in total. The summed E-state index contributed by atoms with van der Waals surface area (Å²) >= 11 is 0. The summed E-state index contributed by atoms with van der Waals surface area (Å²) in [6, 6.07) is 0. The van der Waals surface area contributed by atoms with Gasteiger partial charge in [0.2, 0.25) is 0 Å². The van der Waals surface area contributed by atoms with Crippen molar-refractivity contribution >= 4 is 0 Å². The molecule has 0 radical (unpaired) electrons. The van der Waals surface area contributed by atoms with E-state index in [2.05, 4.69) is 4.74 Å². The Labute approximate surface area is 65.2 Å². The zero-order chi connectivity index (χ0) is 9.12.